The van der Waals surface area contributed by atoms with E-state index in [0.29, 0.717) is 25.7 Å². The van der Waals surface area contributed by atoms with E-state index in [4.69, 9.17) is 37.0 Å². The van der Waals surface area contributed by atoms with Crippen LogP contribution in [-0.4, -0.2) is 96.7 Å². The zero-order chi connectivity index (χ0) is 65.7. The summed E-state index contributed by atoms with van der Waals surface area (Å²) in [5.74, 6) is -0.613. The van der Waals surface area contributed by atoms with Crippen molar-refractivity contribution in [2.75, 3.05) is 39.6 Å². The number of esters is 4. The largest absolute Gasteiger partial charge is 0.472 e. The van der Waals surface area contributed by atoms with Crippen molar-refractivity contribution >= 4 is 39.5 Å². The van der Waals surface area contributed by atoms with Crippen LogP contribution in [0, 0.1) is 11.8 Å². The molecule has 0 aliphatic carbocycles. The minimum Gasteiger partial charge on any atom is -0.462 e. The van der Waals surface area contributed by atoms with Crippen molar-refractivity contribution in [1.82, 2.24) is 0 Å². The number of hydrogen-bond donors (Lipinski definition) is 3. The summed E-state index contributed by atoms with van der Waals surface area (Å²) in [6.45, 7) is 9.52. The van der Waals surface area contributed by atoms with Gasteiger partial charge in [-0.05, 0) is 37.5 Å². The lowest BCUT2D eigenvalue weighted by Crippen LogP contribution is -2.30. The molecule has 0 spiro atoms. The molecule has 0 aliphatic heterocycles. The van der Waals surface area contributed by atoms with Crippen molar-refractivity contribution in [3.63, 3.8) is 0 Å². The Morgan fingerprint density at radius 3 is 0.764 bits per heavy atom. The topological polar surface area (TPSA) is 237 Å². The summed E-state index contributed by atoms with van der Waals surface area (Å²) in [5, 5.41) is 10.6. The highest BCUT2D eigenvalue weighted by atomic mass is 31.2. The molecule has 0 fully saturated rings. The van der Waals surface area contributed by atoms with Crippen molar-refractivity contribution in [2.45, 2.75) is 374 Å². The second-order valence-corrected chi connectivity index (χ2v) is 29.1. The van der Waals surface area contributed by atoms with Gasteiger partial charge >= 0.3 is 39.5 Å². The molecule has 0 amide bonds. The fourth-order valence-electron chi connectivity index (χ4n) is 10.6. The number of carbonyl (C=O) groups is 4. The van der Waals surface area contributed by atoms with Crippen LogP contribution in [0.5, 0.6) is 0 Å². The first kappa shape index (κ1) is 87.1. The second-order valence-electron chi connectivity index (χ2n) is 26.2. The van der Waals surface area contributed by atoms with E-state index in [9.17, 15) is 43.2 Å². The third-order valence-corrected chi connectivity index (χ3v) is 18.1. The summed E-state index contributed by atoms with van der Waals surface area (Å²) in [4.78, 5) is 72.5. The molecule has 0 aromatic rings. The van der Waals surface area contributed by atoms with Crippen LogP contribution in [-0.2, 0) is 65.4 Å². The van der Waals surface area contributed by atoms with Crippen LogP contribution in [0.2, 0.25) is 0 Å². The minimum atomic E-state index is -4.95. The highest BCUT2D eigenvalue weighted by Gasteiger charge is 2.30. The first-order valence-electron chi connectivity index (χ1n) is 36.5. The monoisotopic (exact) mass is 1310 g/mol. The van der Waals surface area contributed by atoms with Gasteiger partial charge in [0.1, 0.15) is 19.3 Å². The number of aliphatic hydroxyl groups is 1. The van der Waals surface area contributed by atoms with Gasteiger partial charge in [0.25, 0.3) is 0 Å². The number of phosphoric acid groups is 2. The van der Waals surface area contributed by atoms with Crippen molar-refractivity contribution < 1.29 is 80.2 Å². The van der Waals surface area contributed by atoms with E-state index in [1.807, 2.05) is 0 Å². The lowest BCUT2D eigenvalue weighted by molar-refractivity contribution is -0.161. The van der Waals surface area contributed by atoms with Crippen LogP contribution in [0.1, 0.15) is 356 Å². The van der Waals surface area contributed by atoms with E-state index >= 15 is 0 Å². The number of hydrogen-bond acceptors (Lipinski definition) is 15. The van der Waals surface area contributed by atoms with Crippen LogP contribution >= 0.6 is 15.6 Å². The highest BCUT2D eigenvalue weighted by Crippen LogP contribution is 2.45. The molecule has 0 aromatic heterocycles. The normalized spacial score (nSPS) is 14.1. The number of aliphatic hydroxyl groups excluding tert-OH is 1. The average molecular weight is 1310 g/mol. The standard InChI is InChI=1S/C70H136O17P2/c1-7-9-11-13-15-17-18-19-20-21-30-36-42-48-54-69(74)86-66(59-81-68(73)53-47-41-35-29-24-22-27-32-38-44-50-62(3)4)61-85-89(78,79)83-57-64(71)56-82-88(76,77)84-60-65(58-80-67(72)52-46-40-34-26-16-14-12-10-8-2)87-70(75)55-49-43-37-31-25-23-28-33-39-45-51-63(5)6/h62-66,71H,7-61H2,1-6H3,(H,76,77)(H,78,79)/t64-,65+,66+/m0/s1. The number of ether oxygens (including phenoxy) is 4. The SMILES string of the molecule is CCCCCCCCCCCCCCCCC(=O)O[C@H](COC(=O)CCCCCCCCCCCCC(C)C)COP(=O)(O)OC[C@@H](O)COP(=O)(O)OC[C@@H](COC(=O)CCCCCCCCCCC)OC(=O)CCCCCCCCCCCCC(C)C. The molecule has 0 aliphatic rings. The molecule has 0 saturated carbocycles. The fourth-order valence-corrected chi connectivity index (χ4v) is 12.2. The van der Waals surface area contributed by atoms with Crippen molar-refractivity contribution in [3.05, 3.63) is 0 Å². The second kappa shape index (κ2) is 62.2. The van der Waals surface area contributed by atoms with E-state index in [1.54, 1.807) is 0 Å². The number of rotatable bonds is 69. The van der Waals surface area contributed by atoms with Gasteiger partial charge in [-0.1, -0.05) is 305 Å². The Balaban J connectivity index is 5.24. The Kier molecular flexibility index (Phi) is 60.8. The molecule has 5 atom stereocenters. The van der Waals surface area contributed by atoms with Crippen LogP contribution in [0.3, 0.4) is 0 Å². The van der Waals surface area contributed by atoms with Crippen LogP contribution in [0.15, 0.2) is 0 Å². The predicted octanol–water partition coefficient (Wildman–Crippen LogP) is 20.0. The van der Waals surface area contributed by atoms with E-state index in [0.717, 1.165) is 102 Å². The van der Waals surface area contributed by atoms with Crippen molar-refractivity contribution in [2.24, 2.45) is 11.8 Å². The Morgan fingerprint density at radius 2 is 0.517 bits per heavy atom. The maximum atomic E-state index is 13.0. The lowest BCUT2D eigenvalue weighted by Gasteiger charge is -2.21. The molecule has 3 N–H and O–H groups in total. The van der Waals surface area contributed by atoms with Gasteiger partial charge < -0.3 is 33.8 Å². The molecule has 17 nitrogen and oxygen atoms in total. The summed E-state index contributed by atoms with van der Waals surface area (Å²) >= 11 is 0. The van der Waals surface area contributed by atoms with Gasteiger partial charge in [-0.25, -0.2) is 9.13 Å². The third kappa shape index (κ3) is 64.6. The quantitative estimate of drug-likeness (QED) is 0.0222. The van der Waals surface area contributed by atoms with Gasteiger partial charge in [0, 0.05) is 25.7 Å². The van der Waals surface area contributed by atoms with Crippen molar-refractivity contribution in [3.8, 4) is 0 Å². The number of phosphoric ester groups is 2. The maximum absolute atomic E-state index is 13.0. The zero-order valence-corrected chi connectivity index (χ0v) is 59.5. The van der Waals surface area contributed by atoms with Crippen LogP contribution in [0.25, 0.3) is 0 Å². The molecule has 0 saturated heterocycles. The lowest BCUT2D eigenvalue weighted by atomic mass is 10.0. The van der Waals surface area contributed by atoms with E-state index < -0.39 is 97.5 Å². The molecule has 0 heterocycles. The van der Waals surface area contributed by atoms with Gasteiger partial charge in [0.2, 0.25) is 0 Å². The molecule has 528 valence electrons. The molecule has 0 bridgehead atoms. The van der Waals surface area contributed by atoms with Gasteiger partial charge in [0.05, 0.1) is 26.4 Å². The first-order chi connectivity index (χ1) is 42.9. The van der Waals surface area contributed by atoms with Crippen LogP contribution < -0.4 is 0 Å². The molecule has 0 aromatic carbocycles. The Labute approximate surface area is 543 Å². The number of carbonyl (C=O) groups excluding carboxylic acids is 4. The summed E-state index contributed by atoms with van der Waals surface area (Å²) in [7, 11) is -9.90. The van der Waals surface area contributed by atoms with Gasteiger partial charge in [-0.2, -0.15) is 0 Å². The highest BCUT2D eigenvalue weighted by molar-refractivity contribution is 7.47. The molecule has 0 rings (SSSR count). The summed E-state index contributed by atoms with van der Waals surface area (Å²) in [6.07, 6.45) is 47.1. The average Bonchev–Trinajstić information content (AvgIpc) is 3.71. The molecule has 19 heteroatoms. The number of unbranched alkanes of at least 4 members (excludes halogenated alkanes) is 39. The predicted molar refractivity (Wildman–Crippen MR) is 358 cm³/mol. The summed E-state index contributed by atoms with van der Waals surface area (Å²) in [5.41, 5.74) is 0. The minimum absolute atomic E-state index is 0.106. The van der Waals surface area contributed by atoms with E-state index in [2.05, 4.69) is 41.5 Å². The fraction of sp³-hybridized carbons (Fsp3) is 0.943. The van der Waals surface area contributed by atoms with Gasteiger partial charge in [0.15, 0.2) is 12.2 Å². The Morgan fingerprint density at radius 1 is 0.303 bits per heavy atom. The molecule has 89 heavy (non-hydrogen) atoms. The Bertz CT molecular complexity index is 1730. The van der Waals surface area contributed by atoms with E-state index in [1.165, 1.54) is 173 Å². The van der Waals surface area contributed by atoms with E-state index in [-0.39, 0.29) is 25.7 Å². The maximum Gasteiger partial charge on any atom is 0.472 e. The molecular formula is C70H136O17P2. The Hall–Kier alpha value is -1.94. The first-order valence-corrected chi connectivity index (χ1v) is 39.5. The molecule has 0 radical (unpaired) electrons. The third-order valence-electron chi connectivity index (χ3n) is 16.2. The van der Waals surface area contributed by atoms with Gasteiger partial charge in [-0.3, -0.25) is 37.3 Å². The molecular weight excluding hydrogens is 1170 g/mol. The van der Waals surface area contributed by atoms with Crippen molar-refractivity contribution in [1.29, 1.82) is 0 Å². The molecule has 2 unspecified atom stereocenters. The van der Waals surface area contributed by atoms with Gasteiger partial charge in [-0.15, -0.1) is 0 Å². The smallest absolute Gasteiger partial charge is 0.462 e. The van der Waals surface area contributed by atoms with Crippen LogP contribution in [0.4, 0.5) is 0 Å². The zero-order valence-electron chi connectivity index (χ0n) is 57.7. The summed E-state index contributed by atoms with van der Waals surface area (Å²) in [6, 6.07) is 0. The summed E-state index contributed by atoms with van der Waals surface area (Å²) < 4.78 is 68.3.